The number of hydrogen-bond acceptors (Lipinski definition) is 3. The number of halogens is 2. The number of aliphatic hydroxyl groups is 1. The zero-order valence-corrected chi connectivity index (χ0v) is 15.2. The van der Waals surface area contributed by atoms with E-state index in [2.05, 4.69) is 5.32 Å². The second kappa shape index (κ2) is 8.63. The van der Waals surface area contributed by atoms with Gasteiger partial charge in [0.05, 0.1) is 19.8 Å². The summed E-state index contributed by atoms with van der Waals surface area (Å²) >= 11 is 0. The van der Waals surface area contributed by atoms with Gasteiger partial charge in [-0.15, -0.1) is 0 Å². The number of methoxy groups -OCH3 is 1. The predicted molar refractivity (Wildman–Crippen MR) is 104 cm³/mol. The molecule has 0 spiro atoms. The maximum absolute atomic E-state index is 13.6. The van der Waals surface area contributed by atoms with Gasteiger partial charge in [-0.3, -0.25) is 4.79 Å². The Bertz CT molecular complexity index is 1030. The van der Waals surface area contributed by atoms with Gasteiger partial charge in [-0.1, -0.05) is 18.2 Å². The normalized spacial score (nSPS) is 12.3. The molecule has 28 heavy (non-hydrogen) atoms. The molecule has 3 aromatic carbocycles. The van der Waals surface area contributed by atoms with Crippen LogP contribution in [-0.2, 0) is 4.79 Å². The molecule has 3 rings (SSSR count). The molecule has 0 saturated carbocycles. The van der Waals surface area contributed by atoms with Crippen LogP contribution in [0.3, 0.4) is 0 Å². The van der Waals surface area contributed by atoms with E-state index in [0.29, 0.717) is 11.3 Å². The fraction of sp³-hybridized carbons (Fsp3) is 0.136. The zero-order chi connectivity index (χ0) is 20.1. The molecular formula is C22H19F2NO3. The summed E-state index contributed by atoms with van der Waals surface area (Å²) < 4.78 is 32.0. The van der Waals surface area contributed by atoms with Gasteiger partial charge in [0.25, 0.3) is 0 Å². The lowest BCUT2D eigenvalue weighted by Crippen LogP contribution is -2.29. The molecule has 0 aliphatic rings. The molecule has 0 unspecified atom stereocenters. The van der Waals surface area contributed by atoms with Crippen LogP contribution < -0.4 is 10.1 Å². The Balaban J connectivity index is 1.77. The van der Waals surface area contributed by atoms with Crippen LogP contribution in [0.1, 0.15) is 17.2 Å². The summed E-state index contributed by atoms with van der Waals surface area (Å²) in [5, 5.41) is 14.3. The monoisotopic (exact) mass is 383 g/mol. The zero-order valence-electron chi connectivity index (χ0n) is 15.2. The van der Waals surface area contributed by atoms with Crippen molar-refractivity contribution in [2.24, 2.45) is 0 Å². The van der Waals surface area contributed by atoms with Gasteiger partial charge >= 0.3 is 0 Å². The molecule has 0 aliphatic carbocycles. The molecular weight excluding hydrogens is 364 g/mol. The first kappa shape index (κ1) is 19.5. The van der Waals surface area contributed by atoms with Crippen molar-refractivity contribution in [1.82, 2.24) is 5.32 Å². The minimum absolute atomic E-state index is 0.0338. The topological polar surface area (TPSA) is 58.6 Å². The minimum Gasteiger partial charge on any atom is -0.497 e. The highest BCUT2D eigenvalue weighted by atomic mass is 19.1. The molecule has 2 N–H and O–H groups in total. The van der Waals surface area contributed by atoms with Gasteiger partial charge in [-0.05, 0) is 58.8 Å². The highest BCUT2D eigenvalue weighted by molar-refractivity contribution is 5.92. The Kier molecular flexibility index (Phi) is 6.01. The molecule has 1 atom stereocenters. The molecule has 6 heteroatoms. The molecule has 4 nitrogen and oxygen atoms in total. The third-order valence-electron chi connectivity index (χ3n) is 4.35. The lowest BCUT2D eigenvalue weighted by molar-refractivity contribution is -0.117. The van der Waals surface area contributed by atoms with Crippen LogP contribution in [0.15, 0.2) is 60.7 Å². The first-order valence-corrected chi connectivity index (χ1v) is 8.62. The van der Waals surface area contributed by atoms with Crippen molar-refractivity contribution in [3.8, 4) is 5.75 Å². The second-order valence-electron chi connectivity index (χ2n) is 6.22. The van der Waals surface area contributed by atoms with Gasteiger partial charge in [-0.2, -0.15) is 0 Å². The van der Waals surface area contributed by atoms with E-state index in [4.69, 9.17) is 4.74 Å². The van der Waals surface area contributed by atoms with E-state index in [1.54, 1.807) is 7.11 Å². The Labute approximate surface area is 161 Å². The molecule has 0 heterocycles. The van der Waals surface area contributed by atoms with Gasteiger partial charge in [0.2, 0.25) is 5.91 Å². The van der Waals surface area contributed by atoms with Crippen LogP contribution in [0.25, 0.3) is 16.8 Å². The summed E-state index contributed by atoms with van der Waals surface area (Å²) in [4.78, 5) is 12.2. The Hall–Kier alpha value is -3.25. The van der Waals surface area contributed by atoms with E-state index in [1.165, 1.54) is 6.08 Å². The number of rotatable bonds is 6. The maximum Gasteiger partial charge on any atom is 0.244 e. The fourth-order valence-corrected chi connectivity index (χ4v) is 2.85. The van der Waals surface area contributed by atoms with Crippen LogP contribution >= 0.6 is 0 Å². The van der Waals surface area contributed by atoms with E-state index in [0.717, 1.165) is 35.0 Å². The lowest BCUT2D eigenvalue weighted by Gasteiger charge is -2.16. The molecule has 3 aromatic rings. The molecule has 0 fully saturated rings. The van der Waals surface area contributed by atoms with Crippen molar-refractivity contribution in [2.45, 2.75) is 6.04 Å². The summed E-state index contributed by atoms with van der Waals surface area (Å²) in [5.74, 6) is -1.06. The third-order valence-corrected chi connectivity index (χ3v) is 4.35. The molecule has 144 valence electrons. The summed E-state index contributed by atoms with van der Waals surface area (Å²) in [6, 6.07) is 13.5. The van der Waals surface area contributed by atoms with E-state index >= 15 is 0 Å². The van der Waals surface area contributed by atoms with Crippen molar-refractivity contribution in [2.75, 3.05) is 13.7 Å². The second-order valence-corrected chi connectivity index (χ2v) is 6.22. The largest absolute Gasteiger partial charge is 0.497 e. The SMILES string of the molecule is COc1ccc2ccc([C@H](CO)NC(=O)/C=C/c3cc(F)ccc3F)cc2c1. The first-order chi connectivity index (χ1) is 13.5. The number of aliphatic hydroxyl groups excluding tert-OH is 1. The molecule has 0 aromatic heterocycles. The van der Waals surface area contributed by atoms with Gasteiger partial charge in [0.15, 0.2) is 0 Å². The molecule has 1 amide bonds. The minimum atomic E-state index is -0.648. The summed E-state index contributed by atoms with van der Waals surface area (Å²) in [6.07, 6.45) is 2.29. The molecule has 0 bridgehead atoms. The Morgan fingerprint density at radius 2 is 1.89 bits per heavy atom. The highest BCUT2D eigenvalue weighted by Crippen LogP contribution is 2.24. The van der Waals surface area contributed by atoms with Crippen LogP contribution in [0.5, 0.6) is 5.75 Å². The van der Waals surface area contributed by atoms with Crippen molar-refractivity contribution in [3.63, 3.8) is 0 Å². The van der Waals surface area contributed by atoms with Gasteiger partial charge < -0.3 is 15.2 Å². The summed E-state index contributed by atoms with van der Waals surface area (Å²) in [7, 11) is 1.58. The summed E-state index contributed by atoms with van der Waals surface area (Å²) in [5.41, 5.74) is 0.676. The third kappa shape index (κ3) is 4.53. The van der Waals surface area contributed by atoms with Crippen LogP contribution in [0, 0.1) is 11.6 Å². The van der Waals surface area contributed by atoms with Crippen LogP contribution in [0.4, 0.5) is 8.78 Å². The smallest absolute Gasteiger partial charge is 0.244 e. The van der Waals surface area contributed by atoms with Crippen molar-refractivity contribution in [3.05, 3.63) is 83.4 Å². The van der Waals surface area contributed by atoms with Gasteiger partial charge in [0, 0.05) is 11.6 Å². The van der Waals surface area contributed by atoms with Crippen molar-refractivity contribution < 1.29 is 23.4 Å². The average molecular weight is 383 g/mol. The number of nitrogens with one attached hydrogen (secondary N) is 1. The van der Waals surface area contributed by atoms with E-state index in [9.17, 15) is 18.7 Å². The average Bonchev–Trinajstić information content (AvgIpc) is 2.71. The lowest BCUT2D eigenvalue weighted by atomic mass is 10.0. The molecule has 0 aliphatic heterocycles. The predicted octanol–water partition coefficient (Wildman–Crippen LogP) is 3.99. The number of amides is 1. The van der Waals surface area contributed by atoms with E-state index in [-0.39, 0.29) is 12.2 Å². The number of ether oxygens (including phenoxy) is 1. The number of carbonyl (C=O) groups is 1. The molecule has 0 radical (unpaired) electrons. The van der Waals surface area contributed by atoms with Crippen LogP contribution in [0.2, 0.25) is 0 Å². The maximum atomic E-state index is 13.6. The summed E-state index contributed by atoms with van der Waals surface area (Å²) in [6.45, 7) is -0.316. The quantitative estimate of drug-likeness (QED) is 0.633. The Morgan fingerprint density at radius 1 is 1.11 bits per heavy atom. The number of fused-ring (bicyclic) bond motifs is 1. The van der Waals surface area contributed by atoms with Gasteiger partial charge in [-0.25, -0.2) is 8.78 Å². The van der Waals surface area contributed by atoms with Crippen molar-refractivity contribution >= 4 is 22.8 Å². The van der Waals surface area contributed by atoms with Crippen molar-refractivity contribution in [1.29, 1.82) is 0 Å². The van der Waals surface area contributed by atoms with Crippen LogP contribution in [-0.4, -0.2) is 24.7 Å². The number of benzene rings is 3. The van der Waals surface area contributed by atoms with E-state index in [1.807, 2.05) is 36.4 Å². The fourth-order valence-electron chi connectivity index (χ4n) is 2.85. The van der Waals surface area contributed by atoms with Gasteiger partial charge in [0.1, 0.15) is 17.4 Å². The number of carbonyl (C=O) groups excluding carboxylic acids is 1. The number of hydrogen-bond donors (Lipinski definition) is 2. The highest BCUT2D eigenvalue weighted by Gasteiger charge is 2.13. The van der Waals surface area contributed by atoms with E-state index < -0.39 is 23.6 Å². The molecule has 0 saturated heterocycles. The first-order valence-electron chi connectivity index (χ1n) is 8.62. The standard InChI is InChI=1S/C22H19F2NO3/c1-28-19-7-4-14-2-3-16(10-17(14)12-19)21(13-26)25-22(27)9-5-15-11-18(23)6-8-20(15)24/h2-12,21,26H,13H2,1H3,(H,25,27)/b9-5+/t21-/m0/s1. The Morgan fingerprint density at radius 3 is 2.64 bits per heavy atom.